The molecule has 2 N–H and O–H groups in total. The molecule has 0 aromatic rings. The van der Waals surface area contributed by atoms with Crippen molar-refractivity contribution in [3.63, 3.8) is 0 Å². The van der Waals surface area contributed by atoms with E-state index in [9.17, 15) is 0 Å². The van der Waals surface area contributed by atoms with Crippen molar-refractivity contribution >= 4 is 11.8 Å². The number of rotatable bonds is 4. The van der Waals surface area contributed by atoms with Gasteiger partial charge in [0.05, 0.1) is 0 Å². The third-order valence-electron chi connectivity index (χ3n) is 5.28. The van der Waals surface area contributed by atoms with Crippen molar-refractivity contribution in [2.45, 2.75) is 57.4 Å². The lowest BCUT2D eigenvalue weighted by molar-refractivity contribution is 0.00104. The van der Waals surface area contributed by atoms with Gasteiger partial charge in [-0.2, -0.15) is 11.8 Å². The minimum absolute atomic E-state index is 0.266. The predicted octanol–water partition coefficient (Wildman–Crippen LogP) is 2.26. The van der Waals surface area contributed by atoms with E-state index in [0.717, 1.165) is 17.7 Å². The van der Waals surface area contributed by atoms with Gasteiger partial charge < -0.3 is 10.6 Å². The van der Waals surface area contributed by atoms with Gasteiger partial charge in [0.25, 0.3) is 0 Å². The van der Waals surface area contributed by atoms with Crippen molar-refractivity contribution in [2.24, 2.45) is 11.7 Å². The Morgan fingerprint density at radius 1 is 1.20 bits per heavy atom. The second-order valence-corrected chi connectivity index (χ2v) is 8.62. The van der Waals surface area contributed by atoms with Crippen molar-refractivity contribution < 1.29 is 0 Å². The van der Waals surface area contributed by atoms with Crippen LogP contribution in [0.3, 0.4) is 0 Å². The Morgan fingerprint density at radius 2 is 1.85 bits per heavy atom. The Hall–Kier alpha value is 0.230. The Bertz CT molecular complexity index is 300. The van der Waals surface area contributed by atoms with Crippen molar-refractivity contribution in [2.75, 3.05) is 38.5 Å². The fourth-order valence-electron chi connectivity index (χ4n) is 3.88. The first kappa shape index (κ1) is 16.6. The molecule has 2 unspecified atom stereocenters. The van der Waals surface area contributed by atoms with E-state index in [1.807, 2.05) is 0 Å². The number of thioether (sulfide) groups is 1. The van der Waals surface area contributed by atoms with Crippen LogP contribution >= 0.6 is 11.8 Å². The quantitative estimate of drug-likeness (QED) is 0.863. The lowest BCUT2D eigenvalue weighted by Crippen LogP contribution is -2.64. The van der Waals surface area contributed by atoms with Crippen LogP contribution in [0.15, 0.2) is 0 Å². The molecule has 20 heavy (non-hydrogen) atoms. The molecule has 2 aliphatic heterocycles. The first-order valence-electron chi connectivity index (χ1n) is 8.29. The lowest BCUT2D eigenvalue weighted by Gasteiger charge is -2.53. The highest BCUT2D eigenvalue weighted by Crippen LogP contribution is 2.35. The largest absolute Gasteiger partial charge is 0.329 e. The van der Waals surface area contributed by atoms with Gasteiger partial charge in [0.1, 0.15) is 0 Å². The minimum Gasteiger partial charge on any atom is -0.329 e. The van der Waals surface area contributed by atoms with E-state index in [1.165, 1.54) is 44.8 Å². The zero-order chi connectivity index (χ0) is 14.8. The first-order valence-corrected chi connectivity index (χ1v) is 9.34. The SMILES string of the molecule is CC(C)CN1CCC(CN)(N2CCSC(C)C2C)CC1. The third-order valence-corrected chi connectivity index (χ3v) is 6.62. The zero-order valence-corrected chi connectivity index (χ0v) is 14.6. The summed E-state index contributed by atoms with van der Waals surface area (Å²) in [7, 11) is 0. The van der Waals surface area contributed by atoms with Crippen molar-refractivity contribution in [3.8, 4) is 0 Å². The third kappa shape index (κ3) is 3.52. The van der Waals surface area contributed by atoms with Crippen LogP contribution in [0.2, 0.25) is 0 Å². The van der Waals surface area contributed by atoms with E-state index in [0.29, 0.717) is 6.04 Å². The van der Waals surface area contributed by atoms with Crippen molar-refractivity contribution in [1.29, 1.82) is 0 Å². The summed E-state index contributed by atoms with van der Waals surface area (Å²) in [6, 6.07) is 0.661. The summed E-state index contributed by atoms with van der Waals surface area (Å²) in [4.78, 5) is 5.38. The summed E-state index contributed by atoms with van der Waals surface area (Å²) >= 11 is 2.12. The molecule has 0 aromatic carbocycles. The Kier molecular flexibility index (Phi) is 5.80. The molecular weight excluding hydrogens is 266 g/mol. The van der Waals surface area contributed by atoms with Gasteiger partial charge in [-0.25, -0.2) is 0 Å². The normalized spacial score (nSPS) is 32.7. The van der Waals surface area contributed by atoms with E-state index < -0.39 is 0 Å². The maximum Gasteiger partial charge on any atom is 0.0359 e. The highest BCUT2D eigenvalue weighted by molar-refractivity contribution is 8.00. The smallest absolute Gasteiger partial charge is 0.0359 e. The predicted molar refractivity (Wildman–Crippen MR) is 90.4 cm³/mol. The minimum atomic E-state index is 0.266. The summed E-state index contributed by atoms with van der Waals surface area (Å²) in [5.74, 6) is 2.04. The molecule has 4 heteroatoms. The molecule has 2 rings (SSSR count). The van der Waals surface area contributed by atoms with Gasteiger partial charge in [-0.1, -0.05) is 20.8 Å². The summed E-state index contributed by atoms with van der Waals surface area (Å²) in [5.41, 5.74) is 6.52. The van der Waals surface area contributed by atoms with Gasteiger partial charge >= 0.3 is 0 Å². The number of hydrogen-bond donors (Lipinski definition) is 1. The molecule has 0 aliphatic carbocycles. The molecule has 2 saturated heterocycles. The molecule has 2 atom stereocenters. The van der Waals surface area contributed by atoms with Crippen LogP contribution in [-0.4, -0.2) is 65.1 Å². The van der Waals surface area contributed by atoms with E-state index in [4.69, 9.17) is 5.73 Å². The lowest BCUT2D eigenvalue weighted by atomic mass is 9.83. The molecule has 2 aliphatic rings. The highest BCUT2D eigenvalue weighted by Gasteiger charge is 2.43. The van der Waals surface area contributed by atoms with Crippen LogP contribution < -0.4 is 5.73 Å². The van der Waals surface area contributed by atoms with Gasteiger partial charge in [-0.15, -0.1) is 0 Å². The average molecular weight is 300 g/mol. The van der Waals surface area contributed by atoms with E-state index in [1.54, 1.807) is 0 Å². The molecule has 0 saturated carbocycles. The zero-order valence-electron chi connectivity index (χ0n) is 13.8. The Labute approximate surface area is 129 Å². The molecule has 0 spiro atoms. The van der Waals surface area contributed by atoms with E-state index in [-0.39, 0.29) is 5.54 Å². The molecule has 2 heterocycles. The summed E-state index contributed by atoms with van der Waals surface area (Å²) in [6.45, 7) is 15.1. The molecule has 0 amide bonds. The van der Waals surface area contributed by atoms with Crippen LogP contribution in [0.1, 0.15) is 40.5 Å². The van der Waals surface area contributed by atoms with Crippen LogP contribution in [0, 0.1) is 5.92 Å². The van der Waals surface area contributed by atoms with Crippen LogP contribution in [-0.2, 0) is 0 Å². The summed E-state index contributed by atoms with van der Waals surface area (Å²) < 4.78 is 0. The topological polar surface area (TPSA) is 32.5 Å². The van der Waals surface area contributed by atoms with Crippen molar-refractivity contribution in [1.82, 2.24) is 9.80 Å². The van der Waals surface area contributed by atoms with Gasteiger partial charge in [0, 0.05) is 42.2 Å². The second kappa shape index (κ2) is 6.99. The molecule has 0 bridgehead atoms. The summed E-state index contributed by atoms with van der Waals surface area (Å²) in [6.07, 6.45) is 2.50. The highest BCUT2D eigenvalue weighted by atomic mass is 32.2. The van der Waals surface area contributed by atoms with Crippen LogP contribution in [0.5, 0.6) is 0 Å². The fraction of sp³-hybridized carbons (Fsp3) is 1.00. The van der Waals surface area contributed by atoms with Gasteiger partial charge in [-0.05, 0) is 38.8 Å². The van der Waals surface area contributed by atoms with Gasteiger partial charge in [0.15, 0.2) is 0 Å². The second-order valence-electron chi connectivity index (χ2n) is 7.13. The molecule has 2 fully saturated rings. The molecule has 118 valence electrons. The monoisotopic (exact) mass is 299 g/mol. The Morgan fingerprint density at radius 3 is 2.40 bits per heavy atom. The fourth-order valence-corrected chi connectivity index (χ4v) is 4.98. The number of nitrogens with two attached hydrogens (primary N) is 1. The maximum absolute atomic E-state index is 6.26. The molecule has 0 radical (unpaired) electrons. The van der Waals surface area contributed by atoms with Crippen LogP contribution in [0.25, 0.3) is 0 Å². The van der Waals surface area contributed by atoms with Crippen molar-refractivity contribution in [3.05, 3.63) is 0 Å². The number of piperidine rings is 1. The van der Waals surface area contributed by atoms with Gasteiger partial charge in [0.2, 0.25) is 0 Å². The maximum atomic E-state index is 6.26. The first-order chi connectivity index (χ1) is 9.48. The summed E-state index contributed by atoms with van der Waals surface area (Å²) in [5, 5.41) is 0.737. The van der Waals surface area contributed by atoms with Gasteiger partial charge in [-0.3, -0.25) is 4.90 Å². The molecule has 3 nitrogen and oxygen atoms in total. The Balaban J connectivity index is 2.00. The van der Waals surface area contributed by atoms with Crippen LogP contribution in [0.4, 0.5) is 0 Å². The molecular formula is C16H33N3S. The van der Waals surface area contributed by atoms with E-state index in [2.05, 4.69) is 49.3 Å². The number of nitrogens with zero attached hydrogens (tertiary/aromatic N) is 2. The number of hydrogen-bond acceptors (Lipinski definition) is 4. The average Bonchev–Trinajstić information content (AvgIpc) is 2.43. The molecule has 0 aromatic heterocycles. The van der Waals surface area contributed by atoms with E-state index >= 15 is 0 Å². The number of likely N-dealkylation sites (tertiary alicyclic amines) is 1. The standard InChI is InChI=1S/C16H33N3S/c1-13(2)11-18-7-5-16(12-17,6-8-18)19-9-10-20-15(4)14(19)3/h13-15H,5-12,17H2,1-4H3.